The maximum Gasteiger partial charge on any atom is 0.240 e. The van der Waals surface area contributed by atoms with Gasteiger partial charge in [0.05, 0.1) is 11.5 Å². The van der Waals surface area contributed by atoms with E-state index in [-0.39, 0.29) is 10.9 Å². The predicted octanol–water partition coefficient (Wildman–Crippen LogP) is 2.19. The van der Waals surface area contributed by atoms with E-state index in [1.165, 1.54) is 0 Å². The van der Waals surface area contributed by atoms with Crippen molar-refractivity contribution in [2.75, 3.05) is 13.2 Å². The maximum absolute atomic E-state index is 12.4. The van der Waals surface area contributed by atoms with E-state index in [0.717, 1.165) is 24.8 Å². The highest BCUT2D eigenvalue weighted by molar-refractivity contribution is 7.89. The van der Waals surface area contributed by atoms with Crippen LogP contribution in [0.15, 0.2) is 23.1 Å². The first-order valence-electron chi connectivity index (χ1n) is 7.40. The van der Waals surface area contributed by atoms with Gasteiger partial charge in [-0.2, -0.15) is 0 Å². The SMILES string of the molecule is CCCCC(CN)NS(=O)(=O)c1ccc(OCC)c(C)c1. The van der Waals surface area contributed by atoms with Crippen molar-refractivity contribution in [1.29, 1.82) is 0 Å². The minimum absolute atomic E-state index is 0.221. The van der Waals surface area contributed by atoms with Crippen molar-refractivity contribution in [1.82, 2.24) is 4.72 Å². The average molecular weight is 314 g/mol. The largest absolute Gasteiger partial charge is 0.494 e. The molecule has 0 heterocycles. The summed E-state index contributed by atoms with van der Waals surface area (Å²) in [6, 6.07) is 4.66. The van der Waals surface area contributed by atoms with Gasteiger partial charge in [0.1, 0.15) is 5.75 Å². The lowest BCUT2D eigenvalue weighted by Crippen LogP contribution is -2.40. The van der Waals surface area contributed by atoms with E-state index in [1.54, 1.807) is 18.2 Å². The highest BCUT2D eigenvalue weighted by Crippen LogP contribution is 2.22. The van der Waals surface area contributed by atoms with Gasteiger partial charge >= 0.3 is 0 Å². The van der Waals surface area contributed by atoms with Crippen molar-refractivity contribution in [3.8, 4) is 5.75 Å². The number of sulfonamides is 1. The molecule has 3 N–H and O–H groups in total. The lowest BCUT2D eigenvalue weighted by molar-refractivity contribution is 0.337. The molecule has 0 saturated carbocycles. The van der Waals surface area contributed by atoms with E-state index in [9.17, 15) is 8.42 Å². The third-order valence-corrected chi connectivity index (χ3v) is 4.79. The van der Waals surface area contributed by atoms with E-state index in [1.807, 2.05) is 13.8 Å². The normalized spacial score (nSPS) is 13.1. The first kappa shape index (κ1) is 17.9. The highest BCUT2D eigenvalue weighted by atomic mass is 32.2. The van der Waals surface area contributed by atoms with Crippen LogP contribution in [0.2, 0.25) is 0 Å². The summed E-state index contributed by atoms with van der Waals surface area (Å²) < 4.78 is 32.9. The fraction of sp³-hybridized carbons (Fsp3) is 0.600. The molecule has 0 amide bonds. The maximum atomic E-state index is 12.4. The van der Waals surface area contributed by atoms with Gasteiger partial charge in [-0.1, -0.05) is 19.8 Å². The van der Waals surface area contributed by atoms with Crippen LogP contribution in [0.3, 0.4) is 0 Å². The summed E-state index contributed by atoms with van der Waals surface area (Å²) in [5.74, 6) is 0.706. The summed E-state index contributed by atoms with van der Waals surface area (Å²) in [5.41, 5.74) is 6.45. The minimum Gasteiger partial charge on any atom is -0.494 e. The van der Waals surface area contributed by atoms with E-state index in [2.05, 4.69) is 11.6 Å². The molecule has 5 nitrogen and oxygen atoms in total. The first-order valence-corrected chi connectivity index (χ1v) is 8.88. The van der Waals surface area contributed by atoms with Crippen molar-refractivity contribution in [2.45, 2.75) is 51.0 Å². The summed E-state index contributed by atoms with van der Waals surface area (Å²) in [6.07, 6.45) is 2.72. The van der Waals surface area contributed by atoms with Gasteiger partial charge in [-0.15, -0.1) is 0 Å². The first-order chi connectivity index (χ1) is 9.94. The molecule has 1 aromatic carbocycles. The zero-order valence-corrected chi connectivity index (χ0v) is 13.9. The lowest BCUT2D eigenvalue weighted by atomic mass is 10.1. The Hall–Kier alpha value is -1.11. The van der Waals surface area contributed by atoms with Gasteiger partial charge in [0.15, 0.2) is 0 Å². The Morgan fingerprint density at radius 2 is 2.05 bits per heavy atom. The van der Waals surface area contributed by atoms with Crippen LogP contribution >= 0.6 is 0 Å². The molecule has 1 unspecified atom stereocenters. The Labute approximate surface area is 127 Å². The lowest BCUT2D eigenvalue weighted by Gasteiger charge is -2.17. The second-order valence-electron chi connectivity index (χ2n) is 5.06. The van der Waals surface area contributed by atoms with Crippen molar-refractivity contribution < 1.29 is 13.2 Å². The molecule has 0 saturated heterocycles. The standard InChI is InChI=1S/C15H26N2O3S/c1-4-6-7-13(11-16)17-21(18,19)14-8-9-15(20-5-2)12(3)10-14/h8-10,13,17H,4-7,11,16H2,1-3H3. The summed E-state index contributed by atoms with van der Waals surface area (Å²) in [4.78, 5) is 0.249. The second-order valence-corrected chi connectivity index (χ2v) is 6.77. The van der Waals surface area contributed by atoms with Gasteiger partial charge in [0, 0.05) is 12.6 Å². The molecule has 0 aliphatic heterocycles. The molecular formula is C15H26N2O3S. The molecule has 0 aromatic heterocycles. The third-order valence-electron chi connectivity index (χ3n) is 3.27. The fourth-order valence-electron chi connectivity index (χ4n) is 2.07. The Morgan fingerprint density at radius 3 is 2.57 bits per heavy atom. The van der Waals surface area contributed by atoms with Gasteiger partial charge in [0.2, 0.25) is 10.0 Å². The molecule has 0 aliphatic carbocycles. The molecule has 0 bridgehead atoms. The van der Waals surface area contributed by atoms with Crippen LogP contribution in [-0.2, 0) is 10.0 Å². The van der Waals surface area contributed by atoms with Gasteiger partial charge < -0.3 is 10.5 Å². The number of ether oxygens (including phenoxy) is 1. The van der Waals surface area contributed by atoms with Crippen LogP contribution < -0.4 is 15.2 Å². The number of aryl methyl sites for hydroxylation is 1. The molecule has 0 spiro atoms. The molecule has 1 aromatic rings. The summed E-state index contributed by atoms with van der Waals surface area (Å²) in [6.45, 7) is 6.65. The Bertz CT molecular complexity index is 544. The molecular weight excluding hydrogens is 288 g/mol. The molecule has 0 fully saturated rings. The van der Waals surface area contributed by atoms with E-state index < -0.39 is 10.0 Å². The summed E-state index contributed by atoms with van der Waals surface area (Å²) in [5, 5.41) is 0. The van der Waals surface area contributed by atoms with Crippen LogP contribution in [0.4, 0.5) is 0 Å². The second kappa shape index (κ2) is 8.36. The van der Waals surface area contributed by atoms with Crippen LogP contribution in [0, 0.1) is 6.92 Å². The minimum atomic E-state index is -3.54. The zero-order valence-electron chi connectivity index (χ0n) is 13.1. The number of hydrogen-bond donors (Lipinski definition) is 2. The number of hydrogen-bond acceptors (Lipinski definition) is 4. The topological polar surface area (TPSA) is 81.4 Å². The van der Waals surface area contributed by atoms with Crippen molar-refractivity contribution in [3.05, 3.63) is 23.8 Å². The molecule has 0 radical (unpaired) electrons. The molecule has 6 heteroatoms. The Balaban J connectivity index is 2.89. The highest BCUT2D eigenvalue weighted by Gasteiger charge is 2.19. The predicted molar refractivity (Wildman–Crippen MR) is 85.0 cm³/mol. The number of rotatable bonds is 9. The fourth-order valence-corrected chi connectivity index (χ4v) is 3.44. The average Bonchev–Trinajstić information content (AvgIpc) is 2.45. The van der Waals surface area contributed by atoms with Crippen LogP contribution in [0.25, 0.3) is 0 Å². The van der Waals surface area contributed by atoms with Crippen LogP contribution in [0.5, 0.6) is 5.75 Å². The van der Waals surface area contributed by atoms with E-state index in [4.69, 9.17) is 10.5 Å². The van der Waals surface area contributed by atoms with Gasteiger partial charge in [-0.05, 0) is 44.0 Å². The number of benzene rings is 1. The van der Waals surface area contributed by atoms with Crippen molar-refractivity contribution >= 4 is 10.0 Å². The zero-order chi connectivity index (χ0) is 15.9. The Kier molecular flexibility index (Phi) is 7.14. The Morgan fingerprint density at radius 1 is 1.33 bits per heavy atom. The summed E-state index contributed by atoms with van der Waals surface area (Å²) in [7, 11) is -3.54. The van der Waals surface area contributed by atoms with Gasteiger partial charge in [-0.3, -0.25) is 0 Å². The summed E-state index contributed by atoms with van der Waals surface area (Å²) >= 11 is 0. The van der Waals surface area contributed by atoms with Gasteiger partial charge in [0.25, 0.3) is 0 Å². The smallest absolute Gasteiger partial charge is 0.240 e. The molecule has 1 rings (SSSR count). The monoisotopic (exact) mass is 314 g/mol. The van der Waals surface area contributed by atoms with Crippen molar-refractivity contribution in [2.24, 2.45) is 5.73 Å². The van der Waals surface area contributed by atoms with Crippen LogP contribution in [-0.4, -0.2) is 27.6 Å². The van der Waals surface area contributed by atoms with Gasteiger partial charge in [-0.25, -0.2) is 13.1 Å². The molecule has 0 aliphatic rings. The van der Waals surface area contributed by atoms with Crippen molar-refractivity contribution in [3.63, 3.8) is 0 Å². The number of unbranched alkanes of at least 4 members (excludes halogenated alkanes) is 1. The number of nitrogens with two attached hydrogens (primary N) is 1. The number of nitrogens with one attached hydrogen (secondary N) is 1. The molecule has 120 valence electrons. The van der Waals surface area contributed by atoms with E-state index >= 15 is 0 Å². The molecule has 1 atom stereocenters. The van der Waals surface area contributed by atoms with E-state index in [0.29, 0.717) is 18.9 Å². The van der Waals surface area contributed by atoms with Crippen LogP contribution in [0.1, 0.15) is 38.7 Å². The quantitative estimate of drug-likeness (QED) is 0.732. The third kappa shape index (κ3) is 5.30. The molecule has 21 heavy (non-hydrogen) atoms.